The van der Waals surface area contributed by atoms with Crippen molar-refractivity contribution in [2.45, 2.75) is 38.8 Å². The lowest BCUT2D eigenvalue weighted by Crippen LogP contribution is -2.27. The van der Waals surface area contributed by atoms with Gasteiger partial charge in [-0.05, 0) is 26.7 Å². The number of rotatable bonds is 3. The maximum atomic E-state index is 4.38. The van der Waals surface area contributed by atoms with Crippen LogP contribution in [0.2, 0.25) is 0 Å². The molecule has 0 unspecified atom stereocenters. The zero-order valence-corrected chi connectivity index (χ0v) is 9.70. The molecular formula is C12H16N4. The number of fused-ring (bicyclic) bond motifs is 1. The van der Waals surface area contributed by atoms with Crippen LogP contribution in [0.3, 0.4) is 0 Å². The third-order valence-corrected chi connectivity index (χ3v) is 3.21. The molecule has 0 radical (unpaired) electrons. The Bertz CT molecular complexity index is 525. The highest BCUT2D eigenvalue weighted by Gasteiger charge is 2.36. The van der Waals surface area contributed by atoms with Crippen LogP contribution in [0, 0.1) is 6.92 Å². The lowest BCUT2D eigenvalue weighted by atomic mass is 10.3. The zero-order chi connectivity index (χ0) is 11.2. The van der Waals surface area contributed by atoms with Gasteiger partial charge in [-0.1, -0.05) is 0 Å². The molecule has 1 aliphatic carbocycles. The fraction of sp³-hybridized carbons (Fsp3) is 0.500. The van der Waals surface area contributed by atoms with E-state index in [0.717, 1.165) is 17.9 Å². The van der Waals surface area contributed by atoms with Crippen LogP contribution < -0.4 is 5.32 Å². The number of nitrogens with zero attached hydrogens (tertiary/aromatic N) is 3. The fourth-order valence-corrected chi connectivity index (χ4v) is 1.80. The molecule has 0 saturated heterocycles. The topological polar surface area (TPSA) is 42.2 Å². The van der Waals surface area contributed by atoms with E-state index in [9.17, 15) is 0 Å². The summed E-state index contributed by atoms with van der Waals surface area (Å²) in [7, 11) is 0. The summed E-state index contributed by atoms with van der Waals surface area (Å²) in [6, 6.07) is 1.99. The van der Waals surface area contributed by atoms with Crippen molar-refractivity contribution in [2.24, 2.45) is 0 Å². The molecule has 2 aromatic rings. The number of nitrogens with one attached hydrogen (secondary N) is 1. The van der Waals surface area contributed by atoms with Crippen molar-refractivity contribution in [1.29, 1.82) is 0 Å². The van der Waals surface area contributed by atoms with Gasteiger partial charge in [-0.25, -0.2) is 9.50 Å². The molecular weight excluding hydrogens is 200 g/mol. The molecule has 4 heteroatoms. The van der Waals surface area contributed by atoms with Crippen LogP contribution in [0.5, 0.6) is 0 Å². The first-order valence-electron chi connectivity index (χ1n) is 5.71. The second-order valence-electron chi connectivity index (χ2n) is 4.96. The highest BCUT2D eigenvalue weighted by molar-refractivity contribution is 5.38. The van der Waals surface area contributed by atoms with Crippen molar-refractivity contribution in [3.63, 3.8) is 0 Å². The Morgan fingerprint density at radius 2 is 2.31 bits per heavy atom. The number of aromatic nitrogens is 3. The van der Waals surface area contributed by atoms with Crippen LogP contribution in [-0.4, -0.2) is 20.1 Å². The summed E-state index contributed by atoms with van der Waals surface area (Å²) in [6.45, 7) is 5.12. The summed E-state index contributed by atoms with van der Waals surface area (Å²) in [4.78, 5) is 4.38. The van der Waals surface area contributed by atoms with E-state index in [1.165, 1.54) is 18.4 Å². The molecule has 2 heterocycles. The maximum Gasteiger partial charge on any atom is 0.155 e. The third kappa shape index (κ3) is 1.80. The zero-order valence-electron chi connectivity index (χ0n) is 9.70. The van der Waals surface area contributed by atoms with Crippen molar-refractivity contribution in [1.82, 2.24) is 19.9 Å². The molecule has 2 aromatic heterocycles. The molecule has 0 spiro atoms. The van der Waals surface area contributed by atoms with Gasteiger partial charge in [0.15, 0.2) is 5.65 Å². The van der Waals surface area contributed by atoms with Gasteiger partial charge >= 0.3 is 0 Å². The minimum absolute atomic E-state index is 0.370. The van der Waals surface area contributed by atoms with Gasteiger partial charge in [-0.2, -0.15) is 5.10 Å². The molecule has 0 aromatic carbocycles. The molecule has 0 bridgehead atoms. The molecule has 1 N–H and O–H groups in total. The number of hydrogen-bond donors (Lipinski definition) is 1. The van der Waals surface area contributed by atoms with E-state index in [1.807, 2.05) is 29.9 Å². The monoisotopic (exact) mass is 216 g/mol. The van der Waals surface area contributed by atoms with Gasteiger partial charge in [0.05, 0.1) is 5.69 Å². The highest BCUT2D eigenvalue weighted by atomic mass is 15.2. The average Bonchev–Trinajstić information content (AvgIpc) is 2.87. The smallest absolute Gasteiger partial charge is 0.155 e. The Kier molecular flexibility index (Phi) is 2.01. The van der Waals surface area contributed by atoms with Crippen LogP contribution in [-0.2, 0) is 6.54 Å². The van der Waals surface area contributed by atoms with E-state index in [2.05, 4.69) is 22.3 Å². The first kappa shape index (κ1) is 9.78. The molecule has 0 atom stereocenters. The predicted molar refractivity (Wildman–Crippen MR) is 62.2 cm³/mol. The summed E-state index contributed by atoms with van der Waals surface area (Å²) < 4.78 is 1.85. The van der Waals surface area contributed by atoms with Gasteiger partial charge in [-0.15, -0.1) is 0 Å². The van der Waals surface area contributed by atoms with E-state index in [4.69, 9.17) is 0 Å². The third-order valence-electron chi connectivity index (χ3n) is 3.21. The van der Waals surface area contributed by atoms with Gasteiger partial charge in [0.1, 0.15) is 0 Å². The molecule has 16 heavy (non-hydrogen) atoms. The Labute approximate surface area is 94.7 Å². The Balaban J connectivity index is 1.81. The Morgan fingerprint density at radius 3 is 3.06 bits per heavy atom. The van der Waals surface area contributed by atoms with Crippen molar-refractivity contribution in [3.05, 3.63) is 29.7 Å². The summed E-state index contributed by atoms with van der Waals surface area (Å²) in [5.74, 6) is 0. The van der Waals surface area contributed by atoms with Gasteiger partial charge in [0.25, 0.3) is 0 Å². The van der Waals surface area contributed by atoms with Crippen molar-refractivity contribution >= 4 is 5.65 Å². The Hall–Kier alpha value is -1.42. The van der Waals surface area contributed by atoms with Crippen molar-refractivity contribution < 1.29 is 0 Å². The molecule has 1 aliphatic rings. The van der Waals surface area contributed by atoms with E-state index in [-0.39, 0.29) is 0 Å². The lowest BCUT2D eigenvalue weighted by molar-refractivity contribution is 0.535. The van der Waals surface area contributed by atoms with Crippen LogP contribution in [0.25, 0.3) is 5.65 Å². The van der Waals surface area contributed by atoms with Crippen LogP contribution in [0.4, 0.5) is 0 Å². The standard InChI is InChI=1S/C12H16N4/c1-9-5-11-13-6-10(8-16(11)15-9)7-14-12(2)3-4-12/h5-6,8,14H,3-4,7H2,1-2H3. The summed E-state index contributed by atoms with van der Waals surface area (Å²) in [5.41, 5.74) is 3.48. The summed E-state index contributed by atoms with van der Waals surface area (Å²) >= 11 is 0. The highest BCUT2D eigenvalue weighted by Crippen LogP contribution is 2.34. The SMILES string of the molecule is Cc1cc2ncc(CNC3(C)CC3)cn2n1. The quantitative estimate of drug-likeness (QED) is 0.848. The van der Waals surface area contributed by atoms with Crippen molar-refractivity contribution in [2.75, 3.05) is 0 Å². The predicted octanol–water partition coefficient (Wildman–Crippen LogP) is 1.68. The largest absolute Gasteiger partial charge is 0.307 e. The van der Waals surface area contributed by atoms with Gasteiger partial charge in [0, 0.05) is 36.1 Å². The van der Waals surface area contributed by atoms with Gasteiger partial charge in [-0.3, -0.25) is 0 Å². The Morgan fingerprint density at radius 1 is 1.50 bits per heavy atom. The summed E-state index contributed by atoms with van der Waals surface area (Å²) in [6.07, 6.45) is 6.54. The first-order valence-corrected chi connectivity index (χ1v) is 5.71. The van der Waals surface area contributed by atoms with E-state index in [0.29, 0.717) is 5.54 Å². The number of aryl methyl sites for hydroxylation is 1. The van der Waals surface area contributed by atoms with E-state index >= 15 is 0 Å². The maximum absolute atomic E-state index is 4.38. The van der Waals surface area contributed by atoms with Crippen LogP contribution >= 0.6 is 0 Å². The minimum atomic E-state index is 0.370. The van der Waals surface area contributed by atoms with E-state index in [1.54, 1.807) is 0 Å². The lowest BCUT2D eigenvalue weighted by Gasteiger charge is -2.10. The average molecular weight is 216 g/mol. The van der Waals surface area contributed by atoms with Gasteiger partial charge in [0.2, 0.25) is 0 Å². The minimum Gasteiger partial charge on any atom is -0.307 e. The molecule has 84 valence electrons. The van der Waals surface area contributed by atoms with Crippen molar-refractivity contribution in [3.8, 4) is 0 Å². The first-order chi connectivity index (χ1) is 7.65. The van der Waals surface area contributed by atoms with Crippen LogP contribution in [0.15, 0.2) is 18.5 Å². The number of hydrogen-bond acceptors (Lipinski definition) is 3. The molecule has 0 amide bonds. The second-order valence-corrected chi connectivity index (χ2v) is 4.96. The molecule has 1 saturated carbocycles. The van der Waals surface area contributed by atoms with E-state index < -0.39 is 0 Å². The molecule has 4 nitrogen and oxygen atoms in total. The fourth-order valence-electron chi connectivity index (χ4n) is 1.80. The van der Waals surface area contributed by atoms with Crippen LogP contribution in [0.1, 0.15) is 31.0 Å². The normalized spacial score (nSPS) is 17.9. The molecule has 1 fully saturated rings. The van der Waals surface area contributed by atoms with Gasteiger partial charge < -0.3 is 5.32 Å². The second kappa shape index (κ2) is 3.28. The molecule has 3 rings (SSSR count). The summed E-state index contributed by atoms with van der Waals surface area (Å²) in [5, 5.41) is 7.90. The molecule has 0 aliphatic heterocycles.